The highest BCUT2D eigenvalue weighted by molar-refractivity contribution is 7.89. The average Bonchev–Trinajstić information content (AvgIpc) is 2.91. The van der Waals surface area contributed by atoms with E-state index in [9.17, 15) is 8.42 Å². The molecule has 0 aromatic heterocycles. The Morgan fingerprint density at radius 2 is 1.81 bits per heavy atom. The summed E-state index contributed by atoms with van der Waals surface area (Å²) in [4.78, 5) is 4.35. The van der Waals surface area contributed by atoms with Crippen molar-refractivity contribution >= 4 is 21.7 Å². The van der Waals surface area contributed by atoms with E-state index < -0.39 is 10.0 Å². The summed E-state index contributed by atoms with van der Waals surface area (Å²) in [6, 6.07) is 13.6. The minimum Gasteiger partial charge on any atom is -0.490 e. The summed E-state index contributed by atoms with van der Waals surface area (Å²) in [6.45, 7) is 1.57. The zero-order valence-electron chi connectivity index (χ0n) is 14.7. The van der Waals surface area contributed by atoms with Gasteiger partial charge < -0.3 is 20.5 Å². The van der Waals surface area contributed by atoms with E-state index >= 15 is 0 Å². The van der Waals surface area contributed by atoms with E-state index in [1.165, 1.54) is 12.1 Å². The molecule has 0 fully saturated rings. The van der Waals surface area contributed by atoms with Crippen molar-refractivity contribution in [2.24, 2.45) is 10.7 Å². The molecule has 3 rings (SSSR count). The van der Waals surface area contributed by atoms with Crippen LogP contribution in [0.1, 0.15) is 6.42 Å². The van der Waals surface area contributed by atoms with Gasteiger partial charge in [-0.15, -0.1) is 0 Å². The van der Waals surface area contributed by atoms with E-state index in [2.05, 4.69) is 15.0 Å². The maximum atomic E-state index is 12.1. The summed E-state index contributed by atoms with van der Waals surface area (Å²) in [5.74, 6) is 1.54. The van der Waals surface area contributed by atoms with Crippen molar-refractivity contribution in [2.45, 2.75) is 11.3 Å². The molecule has 2 aromatic carbocycles. The van der Waals surface area contributed by atoms with Gasteiger partial charge in [0.2, 0.25) is 10.0 Å². The maximum Gasteiger partial charge on any atom is 0.240 e. The Hall–Kier alpha value is -2.78. The monoisotopic (exact) mass is 390 g/mol. The van der Waals surface area contributed by atoms with Gasteiger partial charge in [0.25, 0.3) is 0 Å². The van der Waals surface area contributed by atoms with E-state index in [1.54, 1.807) is 24.3 Å². The fourth-order valence-corrected chi connectivity index (χ4v) is 3.51. The first-order chi connectivity index (χ1) is 13.0. The minimum atomic E-state index is -3.54. The molecular formula is C18H22N4O4S. The number of nitrogens with zero attached hydrogens (tertiary/aromatic N) is 1. The Morgan fingerprint density at radius 3 is 2.59 bits per heavy atom. The molecule has 0 bridgehead atoms. The third-order valence-corrected chi connectivity index (χ3v) is 5.24. The summed E-state index contributed by atoms with van der Waals surface area (Å²) in [6.07, 6.45) is 0.833. The van der Waals surface area contributed by atoms with Crippen molar-refractivity contribution in [1.82, 2.24) is 4.72 Å². The maximum absolute atomic E-state index is 12.1. The van der Waals surface area contributed by atoms with Crippen LogP contribution in [0.4, 0.5) is 5.69 Å². The lowest BCUT2D eigenvalue weighted by atomic mass is 10.3. The molecule has 1 heterocycles. The highest BCUT2D eigenvalue weighted by atomic mass is 32.2. The number of nitrogens with one attached hydrogen (secondary N) is 2. The molecule has 0 saturated heterocycles. The SMILES string of the molecule is NC(=NCCNS(=O)(=O)c1ccccc1)Nc1ccc2c(c1)OCCCO2. The van der Waals surface area contributed by atoms with Gasteiger partial charge in [-0.05, 0) is 24.3 Å². The standard InChI is InChI=1S/C18H22N4O4S/c19-18(20-9-10-21-27(23,24)15-5-2-1-3-6-15)22-14-7-8-16-17(13-14)26-12-4-11-25-16/h1-3,5-8,13,21H,4,9-12H2,(H3,19,20,22). The summed E-state index contributed by atoms with van der Waals surface area (Å²) in [5, 5.41) is 2.96. The summed E-state index contributed by atoms with van der Waals surface area (Å²) in [5.41, 5.74) is 6.58. The molecular weight excluding hydrogens is 368 g/mol. The van der Waals surface area contributed by atoms with Gasteiger partial charge in [0.05, 0.1) is 24.7 Å². The molecule has 0 saturated carbocycles. The van der Waals surface area contributed by atoms with Gasteiger partial charge in [0.1, 0.15) is 0 Å². The molecule has 27 heavy (non-hydrogen) atoms. The lowest BCUT2D eigenvalue weighted by Gasteiger charge is -2.11. The zero-order valence-corrected chi connectivity index (χ0v) is 15.5. The Labute approximate surface area is 158 Å². The highest BCUT2D eigenvalue weighted by Crippen LogP contribution is 2.32. The second kappa shape index (κ2) is 8.74. The lowest BCUT2D eigenvalue weighted by molar-refractivity contribution is 0.297. The summed E-state index contributed by atoms with van der Waals surface area (Å²) in [7, 11) is -3.54. The number of fused-ring (bicyclic) bond motifs is 1. The Kier molecular flexibility index (Phi) is 6.15. The molecule has 9 heteroatoms. The smallest absolute Gasteiger partial charge is 0.240 e. The first-order valence-corrected chi connectivity index (χ1v) is 10.0. The number of benzene rings is 2. The van der Waals surface area contributed by atoms with Gasteiger partial charge in [-0.3, -0.25) is 4.99 Å². The fraction of sp³-hybridized carbons (Fsp3) is 0.278. The minimum absolute atomic E-state index is 0.140. The largest absolute Gasteiger partial charge is 0.490 e. The van der Waals surface area contributed by atoms with Gasteiger partial charge in [0.15, 0.2) is 17.5 Å². The third kappa shape index (κ3) is 5.35. The van der Waals surface area contributed by atoms with Gasteiger partial charge in [0, 0.05) is 24.7 Å². The van der Waals surface area contributed by atoms with Crippen molar-refractivity contribution in [3.8, 4) is 11.5 Å². The van der Waals surface area contributed by atoms with Crippen LogP contribution in [0.2, 0.25) is 0 Å². The molecule has 0 amide bonds. The van der Waals surface area contributed by atoms with E-state index in [-0.39, 0.29) is 23.9 Å². The molecule has 2 aromatic rings. The van der Waals surface area contributed by atoms with Gasteiger partial charge >= 0.3 is 0 Å². The number of aliphatic imine (C=N–C) groups is 1. The number of hydrogen-bond acceptors (Lipinski definition) is 5. The number of nitrogens with two attached hydrogens (primary N) is 1. The van der Waals surface area contributed by atoms with E-state index in [0.29, 0.717) is 30.4 Å². The molecule has 1 aliphatic heterocycles. The Morgan fingerprint density at radius 1 is 1.07 bits per heavy atom. The lowest BCUT2D eigenvalue weighted by Crippen LogP contribution is -2.28. The van der Waals surface area contributed by atoms with Crippen LogP contribution in [0, 0.1) is 0 Å². The Balaban J connectivity index is 1.52. The number of ether oxygens (including phenoxy) is 2. The molecule has 4 N–H and O–H groups in total. The summed E-state index contributed by atoms with van der Waals surface area (Å²) >= 11 is 0. The molecule has 1 aliphatic rings. The van der Waals surface area contributed by atoms with Crippen LogP contribution < -0.4 is 25.2 Å². The third-order valence-electron chi connectivity index (χ3n) is 3.76. The van der Waals surface area contributed by atoms with Crippen molar-refractivity contribution in [3.05, 3.63) is 48.5 Å². The molecule has 0 radical (unpaired) electrons. The van der Waals surface area contributed by atoms with E-state index in [1.807, 2.05) is 12.1 Å². The van der Waals surface area contributed by atoms with E-state index in [0.717, 1.165) is 6.42 Å². The van der Waals surface area contributed by atoms with Crippen molar-refractivity contribution in [1.29, 1.82) is 0 Å². The molecule has 8 nitrogen and oxygen atoms in total. The Bertz CT molecular complexity index is 901. The molecule has 144 valence electrons. The quantitative estimate of drug-likeness (QED) is 0.392. The van der Waals surface area contributed by atoms with Crippen molar-refractivity contribution in [3.63, 3.8) is 0 Å². The van der Waals surface area contributed by atoms with Crippen LogP contribution in [0.25, 0.3) is 0 Å². The first kappa shape index (κ1) is 19.0. The molecule has 0 unspecified atom stereocenters. The van der Waals surface area contributed by atoms with Gasteiger partial charge in [-0.25, -0.2) is 13.1 Å². The predicted molar refractivity (Wildman–Crippen MR) is 104 cm³/mol. The van der Waals surface area contributed by atoms with Crippen LogP contribution in [0.3, 0.4) is 0 Å². The number of guanidine groups is 1. The number of sulfonamides is 1. The topological polar surface area (TPSA) is 115 Å². The molecule has 0 aliphatic carbocycles. The predicted octanol–water partition coefficient (Wildman–Crippen LogP) is 1.55. The first-order valence-electron chi connectivity index (χ1n) is 8.56. The number of anilines is 1. The van der Waals surface area contributed by atoms with Crippen molar-refractivity contribution < 1.29 is 17.9 Å². The molecule has 0 atom stereocenters. The van der Waals surface area contributed by atoms with Crippen LogP contribution in [-0.4, -0.2) is 40.7 Å². The highest BCUT2D eigenvalue weighted by Gasteiger charge is 2.12. The zero-order chi connectivity index (χ0) is 19.1. The van der Waals surface area contributed by atoms with E-state index in [4.69, 9.17) is 15.2 Å². The van der Waals surface area contributed by atoms with Crippen LogP contribution >= 0.6 is 0 Å². The summed E-state index contributed by atoms with van der Waals surface area (Å²) < 4.78 is 37.9. The van der Waals surface area contributed by atoms with Crippen molar-refractivity contribution in [2.75, 3.05) is 31.6 Å². The second-order valence-corrected chi connectivity index (χ2v) is 7.58. The molecule has 0 spiro atoms. The second-order valence-electron chi connectivity index (χ2n) is 5.81. The fourth-order valence-electron chi connectivity index (χ4n) is 2.47. The number of hydrogen-bond donors (Lipinski definition) is 3. The number of rotatable bonds is 6. The average molecular weight is 390 g/mol. The van der Waals surface area contributed by atoms with Gasteiger partial charge in [-0.2, -0.15) is 0 Å². The van der Waals surface area contributed by atoms with Crippen LogP contribution in [0.5, 0.6) is 11.5 Å². The van der Waals surface area contributed by atoms with Crippen LogP contribution in [-0.2, 0) is 10.0 Å². The van der Waals surface area contributed by atoms with Crippen LogP contribution in [0.15, 0.2) is 58.4 Å². The normalized spacial score (nSPS) is 14.4. The van der Waals surface area contributed by atoms with Gasteiger partial charge in [-0.1, -0.05) is 18.2 Å².